The molecule has 5 heterocycles. The highest BCUT2D eigenvalue weighted by Crippen LogP contribution is 2.39. The third kappa shape index (κ3) is 3.05. The van der Waals surface area contributed by atoms with Gasteiger partial charge in [-0.2, -0.15) is 4.98 Å². The van der Waals surface area contributed by atoms with Gasteiger partial charge >= 0.3 is 6.09 Å². The fourth-order valence-electron chi connectivity index (χ4n) is 4.09. The third-order valence-corrected chi connectivity index (χ3v) is 7.54. The second-order valence-corrected chi connectivity index (χ2v) is 9.47. The molecule has 3 fully saturated rings. The molecule has 2 bridgehead atoms. The molecule has 9 nitrogen and oxygen atoms in total. The summed E-state index contributed by atoms with van der Waals surface area (Å²) in [5.74, 6) is 0.120. The quantitative estimate of drug-likeness (QED) is 0.584. The first kappa shape index (κ1) is 18.7. The van der Waals surface area contributed by atoms with Gasteiger partial charge in [-0.3, -0.25) is 4.90 Å². The zero-order valence-corrected chi connectivity index (χ0v) is 16.9. The Morgan fingerprint density at radius 3 is 2.83 bits per heavy atom. The van der Waals surface area contributed by atoms with Crippen LogP contribution >= 0.6 is 11.3 Å². The maximum absolute atomic E-state index is 12.6. The number of aromatic nitrogens is 2. The number of piperidine rings is 1. The van der Waals surface area contributed by atoms with E-state index in [9.17, 15) is 19.6 Å². The van der Waals surface area contributed by atoms with Crippen LogP contribution in [0.1, 0.15) is 6.42 Å². The average molecular weight is 434 g/mol. The molecule has 152 valence electrons. The summed E-state index contributed by atoms with van der Waals surface area (Å²) in [4.78, 5) is 24.3. The number of oxazole rings is 1. The Balaban J connectivity index is 1.55. The van der Waals surface area contributed by atoms with Gasteiger partial charge in [-0.25, -0.2) is 9.78 Å². The van der Waals surface area contributed by atoms with Crippen molar-refractivity contribution in [1.82, 2.24) is 14.9 Å². The molecule has 3 saturated heterocycles. The fraction of sp³-hybridized carbons (Fsp3) is 0.389. The van der Waals surface area contributed by atoms with E-state index in [4.69, 9.17) is 4.42 Å². The Morgan fingerprint density at radius 2 is 2.17 bits per heavy atom. The average Bonchev–Trinajstić information content (AvgIpc) is 3.37. The lowest BCUT2D eigenvalue weighted by Crippen LogP contribution is -2.70. The highest BCUT2D eigenvalue weighted by molar-refractivity contribution is 7.91. The second kappa shape index (κ2) is 7.17. The van der Waals surface area contributed by atoms with E-state index in [1.165, 1.54) is 16.2 Å². The highest BCUT2D eigenvalue weighted by Gasteiger charge is 2.48. The number of nitrogens with zero attached hydrogens (tertiary/aromatic N) is 4. The van der Waals surface area contributed by atoms with Crippen molar-refractivity contribution in [1.29, 1.82) is 0 Å². The first-order valence-electron chi connectivity index (χ1n) is 9.15. The van der Waals surface area contributed by atoms with Crippen LogP contribution in [0, 0.1) is 0 Å². The standard InChI is InChI=1S/C18H18N4O5S2/c23-4-6-29(26)13-2-1-12(16-19-3-5-28-16)15-14(13)20-17(27-15)21-8-10-7-11(9-21)22(10)18(24)25/h1-3,5,10-11,23H,4,6-9H2,(H,24,25). The maximum Gasteiger partial charge on any atom is 0.407 e. The predicted octanol–water partition coefficient (Wildman–Crippen LogP) is 1.99. The van der Waals surface area contributed by atoms with Crippen molar-refractivity contribution < 1.29 is 24.0 Å². The molecule has 0 saturated carbocycles. The molecule has 3 unspecified atom stereocenters. The number of anilines is 1. The summed E-state index contributed by atoms with van der Waals surface area (Å²) in [7, 11) is 0. The van der Waals surface area contributed by atoms with Gasteiger partial charge in [0.2, 0.25) is 0 Å². The molecule has 2 N–H and O–H groups in total. The van der Waals surface area contributed by atoms with E-state index in [1.807, 2.05) is 16.3 Å². The van der Waals surface area contributed by atoms with Gasteiger partial charge in [-0.1, -0.05) is 0 Å². The number of rotatable bonds is 5. The summed E-state index contributed by atoms with van der Waals surface area (Å²) >= 11 is 0.0621. The first-order chi connectivity index (χ1) is 14.1. The molecule has 6 rings (SSSR count). The van der Waals surface area contributed by atoms with Crippen LogP contribution in [0.15, 0.2) is 33.0 Å². The van der Waals surface area contributed by atoms with Crippen molar-refractivity contribution in [2.24, 2.45) is 0 Å². The van der Waals surface area contributed by atoms with Gasteiger partial charge in [-0.15, -0.1) is 11.3 Å². The molecular weight excluding hydrogens is 416 g/mol. The monoisotopic (exact) mass is 434 g/mol. The SMILES string of the molecule is O=C(O)N1C2CC1CN(c1nc3c([S+]([O-])CCO)ccc(-c4nccs4)c3o1)C2. The summed E-state index contributed by atoms with van der Waals surface area (Å²) in [6.07, 6.45) is 1.66. The normalized spacial score (nSPS) is 22.0. The van der Waals surface area contributed by atoms with E-state index >= 15 is 0 Å². The number of carbonyl (C=O) groups is 1. The van der Waals surface area contributed by atoms with Gasteiger partial charge in [-0.05, 0) is 29.7 Å². The minimum atomic E-state index is -1.41. The lowest BCUT2D eigenvalue weighted by Gasteiger charge is -2.54. The minimum absolute atomic E-state index is 0.0670. The Hall–Kier alpha value is -2.34. The minimum Gasteiger partial charge on any atom is -0.611 e. The van der Waals surface area contributed by atoms with Gasteiger partial charge in [0.15, 0.2) is 16.0 Å². The van der Waals surface area contributed by atoms with E-state index in [0.29, 0.717) is 35.1 Å². The van der Waals surface area contributed by atoms with Crippen molar-refractivity contribution in [3.05, 3.63) is 23.7 Å². The molecule has 0 aliphatic carbocycles. The summed E-state index contributed by atoms with van der Waals surface area (Å²) in [6, 6.07) is 3.83. The molecule has 3 atom stereocenters. The van der Waals surface area contributed by atoms with Crippen LogP contribution in [-0.2, 0) is 11.2 Å². The van der Waals surface area contributed by atoms with E-state index < -0.39 is 17.3 Å². The lowest BCUT2D eigenvalue weighted by atomic mass is 9.88. The van der Waals surface area contributed by atoms with Crippen LogP contribution in [0.25, 0.3) is 21.7 Å². The molecule has 3 aromatic rings. The predicted molar refractivity (Wildman–Crippen MR) is 108 cm³/mol. The van der Waals surface area contributed by atoms with Crippen molar-refractivity contribution in [2.75, 3.05) is 30.3 Å². The zero-order valence-electron chi connectivity index (χ0n) is 15.2. The topological polar surface area (TPSA) is 126 Å². The van der Waals surface area contributed by atoms with Crippen molar-refractivity contribution >= 4 is 45.7 Å². The van der Waals surface area contributed by atoms with Crippen LogP contribution in [-0.4, -0.2) is 73.3 Å². The molecule has 2 aromatic heterocycles. The lowest BCUT2D eigenvalue weighted by molar-refractivity contribution is 0.0101. The fourth-order valence-corrected chi connectivity index (χ4v) is 5.71. The van der Waals surface area contributed by atoms with E-state index in [1.54, 1.807) is 12.3 Å². The Morgan fingerprint density at radius 1 is 1.38 bits per heavy atom. The number of aliphatic hydroxyl groups is 1. The van der Waals surface area contributed by atoms with E-state index in [0.717, 1.165) is 17.0 Å². The number of hydrogen-bond donors (Lipinski definition) is 2. The largest absolute Gasteiger partial charge is 0.611 e. The van der Waals surface area contributed by atoms with Crippen molar-refractivity contribution in [2.45, 2.75) is 23.4 Å². The molecule has 1 amide bonds. The van der Waals surface area contributed by atoms with E-state index in [2.05, 4.69) is 9.97 Å². The molecule has 11 heteroatoms. The van der Waals surface area contributed by atoms with E-state index in [-0.39, 0.29) is 24.4 Å². The zero-order chi connectivity index (χ0) is 20.1. The number of amides is 1. The number of carboxylic acid groups (broad SMARTS) is 1. The summed E-state index contributed by atoms with van der Waals surface area (Å²) < 4.78 is 18.7. The summed E-state index contributed by atoms with van der Waals surface area (Å²) in [5.41, 5.74) is 1.77. The van der Waals surface area contributed by atoms with Crippen LogP contribution < -0.4 is 4.90 Å². The molecule has 1 aromatic carbocycles. The Bertz CT molecular complexity index is 1040. The van der Waals surface area contributed by atoms with Gasteiger partial charge in [0.05, 0.1) is 24.3 Å². The molecule has 0 spiro atoms. The highest BCUT2D eigenvalue weighted by atomic mass is 32.2. The maximum atomic E-state index is 12.6. The molecule has 29 heavy (non-hydrogen) atoms. The van der Waals surface area contributed by atoms with Gasteiger partial charge in [0.1, 0.15) is 10.8 Å². The second-order valence-electron chi connectivity index (χ2n) is 7.03. The van der Waals surface area contributed by atoms with Gasteiger partial charge < -0.3 is 24.1 Å². The van der Waals surface area contributed by atoms with Gasteiger partial charge in [0.25, 0.3) is 6.01 Å². The molecule has 3 aliphatic heterocycles. The molecule has 0 radical (unpaired) electrons. The van der Waals surface area contributed by atoms with Crippen molar-refractivity contribution in [3.8, 4) is 10.6 Å². The van der Waals surface area contributed by atoms with Crippen molar-refractivity contribution in [3.63, 3.8) is 0 Å². The van der Waals surface area contributed by atoms with Crippen LogP contribution in [0.5, 0.6) is 0 Å². The molecule has 3 aliphatic rings. The number of fused-ring (bicyclic) bond motifs is 3. The summed E-state index contributed by atoms with van der Waals surface area (Å²) in [5, 5.41) is 21.1. The third-order valence-electron chi connectivity index (χ3n) is 5.36. The summed E-state index contributed by atoms with van der Waals surface area (Å²) in [6.45, 7) is 0.835. The Labute approximate surface area is 172 Å². The molecular formula is C18H18N4O5S2. The number of aliphatic hydroxyl groups excluding tert-OH is 1. The number of piperazine rings is 1. The van der Waals surface area contributed by atoms with Crippen LogP contribution in [0.3, 0.4) is 0 Å². The number of hydrogen-bond acceptors (Lipinski definition) is 8. The first-order valence-corrected chi connectivity index (χ1v) is 11.4. The number of benzene rings is 1. The van der Waals surface area contributed by atoms with Gasteiger partial charge in [0, 0.05) is 24.7 Å². The Kier molecular flexibility index (Phi) is 4.62. The van der Waals surface area contributed by atoms with Crippen LogP contribution in [0.2, 0.25) is 0 Å². The smallest absolute Gasteiger partial charge is 0.407 e. The number of thiazole rings is 1. The van der Waals surface area contributed by atoms with Crippen LogP contribution in [0.4, 0.5) is 10.8 Å².